The van der Waals surface area contributed by atoms with Crippen molar-refractivity contribution >= 4 is 130 Å². The lowest BCUT2D eigenvalue weighted by Crippen LogP contribution is -2.64. The van der Waals surface area contributed by atoms with Gasteiger partial charge in [-0.2, -0.15) is 0 Å². The van der Waals surface area contributed by atoms with E-state index < -0.39 is 0 Å². The highest BCUT2D eigenvalue weighted by Gasteiger charge is 2.50. The largest absolute Gasteiger partial charge is 0.454 e. The number of hydrogen-bond donors (Lipinski definition) is 0. The number of benzene rings is 10. The van der Waals surface area contributed by atoms with Gasteiger partial charge in [-0.3, -0.25) is 9.80 Å². The van der Waals surface area contributed by atoms with Gasteiger partial charge in [0, 0.05) is 26.9 Å². The molecule has 5 heterocycles. The van der Waals surface area contributed by atoms with Gasteiger partial charge in [0.25, 0.3) is 0 Å². The van der Waals surface area contributed by atoms with Crippen molar-refractivity contribution in [3.05, 3.63) is 206 Å². The number of hydrogen-bond acceptors (Lipinski definition) is 3. The molecule has 0 fully saturated rings. The number of urea groups is 1. The van der Waals surface area contributed by atoms with Crippen LogP contribution in [0.25, 0.3) is 76.9 Å². The van der Waals surface area contributed by atoms with Crippen molar-refractivity contribution in [3.8, 4) is 22.3 Å². The quantitative estimate of drug-likeness (QED) is 0.166. The summed E-state index contributed by atoms with van der Waals surface area (Å²) in [5.41, 5.74) is 17.4. The maximum absolute atomic E-state index is 16.6. The highest BCUT2D eigenvalue weighted by molar-refractivity contribution is 7.01. The average Bonchev–Trinajstić information content (AvgIpc) is 3.96. The van der Waals surface area contributed by atoms with E-state index in [0.717, 1.165) is 110 Å². The second-order valence-corrected chi connectivity index (χ2v) is 17.8. The molecule has 0 N–H and O–H groups in total. The molecule has 0 unspecified atom stereocenters. The molecule has 10 aromatic carbocycles. The smallest absolute Gasteiger partial charge is 0.338 e. The Kier molecular flexibility index (Phi) is 7.20. The van der Waals surface area contributed by atoms with E-state index in [9.17, 15) is 0 Å². The van der Waals surface area contributed by atoms with Crippen LogP contribution in [0.1, 0.15) is 0 Å². The lowest BCUT2D eigenvalue weighted by atomic mass is 9.33. The van der Waals surface area contributed by atoms with Crippen LogP contribution in [0.2, 0.25) is 0 Å². The fraction of sp³-hybridized carbons (Fsp3) is 0. The van der Waals surface area contributed by atoms with Gasteiger partial charge in [0.15, 0.2) is 11.2 Å². The fourth-order valence-electron chi connectivity index (χ4n) is 11.8. The number of furan rings is 2. The molecular formula is C59H34B2N2O3. The summed E-state index contributed by atoms with van der Waals surface area (Å²) in [6, 6.07) is 72.8. The molecular weight excluding hydrogens is 806 g/mol. The van der Waals surface area contributed by atoms with Crippen molar-refractivity contribution in [1.29, 1.82) is 0 Å². The molecule has 0 spiro atoms. The zero-order chi connectivity index (χ0) is 43.2. The van der Waals surface area contributed by atoms with E-state index in [4.69, 9.17) is 8.83 Å². The van der Waals surface area contributed by atoms with Crippen molar-refractivity contribution in [2.45, 2.75) is 0 Å². The third-order valence-corrected chi connectivity index (χ3v) is 14.5. The zero-order valence-corrected chi connectivity index (χ0v) is 35.4. The lowest BCUT2D eigenvalue weighted by Gasteiger charge is -2.46. The molecule has 7 heteroatoms. The van der Waals surface area contributed by atoms with Gasteiger partial charge in [0.1, 0.15) is 11.2 Å². The SMILES string of the molecule is O=C1N2c3c(ccc4c3oc3ccccc34)B(c3ccccc3-c3ccccc3)c3ccc4ccc5c(c4c32)N1c1c(ccc2c1oc1ccccc12)B5c1ccccc1-c1ccccc1. The van der Waals surface area contributed by atoms with Crippen LogP contribution < -0.4 is 42.6 Å². The van der Waals surface area contributed by atoms with Crippen molar-refractivity contribution in [1.82, 2.24) is 0 Å². The van der Waals surface area contributed by atoms with Gasteiger partial charge in [-0.05, 0) is 61.6 Å². The molecule has 0 saturated carbocycles. The maximum atomic E-state index is 16.6. The second-order valence-electron chi connectivity index (χ2n) is 17.8. The first-order chi connectivity index (χ1) is 32.7. The van der Waals surface area contributed by atoms with Crippen LogP contribution in [-0.4, -0.2) is 19.5 Å². The minimum Gasteiger partial charge on any atom is -0.454 e. The summed E-state index contributed by atoms with van der Waals surface area (Å²) < 4.78 is 13.9. The van der Waals surface area contributed by atoms with E-state index in [1.807, 2.05) is 46.2 Å². The fourth-order valence-corrected chi connectivity index (χ4v) is 11.8. The van der Waals surface area contributed by atoms with Gasteiger partial charge in [-0.1, -0.05) is 205 Å². The van der Waals surface area contributed by atoms with Crippen molar-refractivity contribution in [2.75, 3.05) is 9.80 Å². The first-order valence-electron chi connectivity index (χ1n) is 22.6. The summed E-state index contributed by atoms with van der Waals surface area (Å²) >= 11 is 0. The van der Waals surface area contributed by atoms with Gasteiger partial charge in [-0.15, -0.1) is 0 Å². The molecule has 2 aromatic heterocycles. The van der Waals surface area contributed by atoms with Crippen LogP contribution in [0.5, 0.6) is 0 Å². The third kappa shape index (κ3) is 4.68. The first kappa shape index (κ1) is 35.9. The van der Waals surface area contributed by atoms with E-state index in [1.54, 1.807) is 0 Å². The second kappa shape index (κ2) is 13.3. The van der Waals surface area contributed by atoms with Crippen LogP contribution in [-0.2, 0) is 0 Å². The maximum Gasteiger partial charge on any atom is 0.338 e. The highest BCUT2D eigenvalue weighted by atomic mass is 16.3. The number of para-hydroxylation sites is 2. The molecule has 0 atom stereocenters. The number of nitrogens with zero attached hydrogens (tertiary/aromatic N) is 2. The summed E-state index contributed by atoms with van der Waals surface area (Å²) in [7, 11) is 0. The molecule has 5 nitrogen and oxygen atoms in total. The van der Waals surface area contributed by atoms with Crippen LogP contribution in [0, 0.1) is 0 Å². The predicted octanol–water partition coefficient (Wildman–Crippen LogP) is 11.0. The van der Waals surface area contributed by atoms with Crippen molar-refractivity contribution < 1.29 is 13.6 Å². The summed E-state index contributed by atoms with van der Waals surface area (Å²) in [5, 5.41) is 6.06. The normalized spacial score (nSPS) is 13.7. The van der Waals surface area contributed by atoms with Crippen LogP contribution >= 0.6 is 0 Å². The van der Waals surface area contributed by atoms with Crippen molar-refractivity contribution in [3.63, 3.8) is 0 Å². The summed E-state index contributed by atoms with van der Waals surface area (Å²) in [4.78, 5) is 20.6. The van der Waals surface area contributed by atoms with Gasteiger partial charge >= 0.3 is 6.03 Å². The molecule has 3 aliphatic rings. The summed E-state index contributed by atoms with van der Waals surface area (Å²) in [5.74, 6) is 0. The van der Waals surface area contributed by atoms with E-state index in [2.05, 4.69) is 170 Å². The molecule has 0 saturated heterocycles. The Bertz CT molecular complexity index is 3810. The Morgan fingerprint density at radius 2 is 0.727 bits per heavy atom. The zero-order valence-electron chi connectivity index (χ0n) is 35.4. The first-order valence-corrected chi connectivity index (χ1v) is 22.6. The Labute approximate surface area is 379 Å². The van der Waals surface area contributed by atoms with Crippen molar-refractivity contribution in [2.24, 2.45) is 0 Å². The minimum atomic E-state index is -0.229. The summed E-state index contributed by atoms with van der Waals surface area (Å²) in [6.07, 6.45) is 0. The highest BCUT2D eigenvalue weighted by Crippen LogP contribution is 2.51. The van der Waals surface area contributed by atoms with E-state index in [0.29, 0.717) is 11.2 Å². The van der Waals surface area contributed by atoms with E-state index >= 15 is 4.79 Å². The minimum absolute atomic E-state index is 0.170. The van der Waals surface area contributed by atoms with Gasteiger partial charge in [-0.25, -0.2) is 4.79 Å². The van der Waals surface area contributed by atoms with E-state index in [-0.39, 0.29) is 19.5 Å². The predicted molar refractivity (Wildman–Crippen MR) is 274 cm³/mol. The number of anilines is 4. The monoisotopic (exact) mass is 840 g/mol. The Morgan fingerprint density at radius 3 is 1.21 bits per heavy atom. The van der Waals surface area contributed by atoms with Crippen LogP contribution in [0.3, 0.4) is 0 Å². The third-order valence-electron chi connectivity index (χ3n) is 14.5. The molecule has 304 valence electrons. The standard InChI is InChI=1S/C59H34B2N2O3/c64-59-62-53-46(60(44-23-11-7-19-38(44)35-15-3-1-4-16-35)48-33-29-42-40-21-9-13-25-50(40)65-57(42)55(48)62)31-27-37-28-32-47-54(52(37)53)63(59)56-49(34-30-43-41-22-10-14-26-51(41)66-58(43)56)61(47)45-24-12-8-20-39(45)36-17-5-2-6-18-36/h1-34H. The molecule has 0 bridgehead atoms. The number of rotatable bonds is 4. The summed E-state index contributed by atoms with van der Waals surface area (Å²) in [6.45, 7) is -0.458. The molecule has 3 aliphatic heterocycles. The van der Waals surface area contributed by atoms with Crippen LogP contribution in [0.4, 0.5) is 27.5 Å². The number of carbonyl (C=O) groups is 1. The van der Waals surface area contributed by atoms with E-state index in [1.165, 1.54) is 10.9 Å². The number of carbonyl (C=O) groups excluding carboxylic acids is 1. The van der Waals surface area contributed by atoms with Gasteiger partial charge < -0.3 is 8.83 Å². The molecule has 12 aromatic rings. The van der Waals surface area contributed by atoms with Gasteiger partial charge in [0.05, 0.1) is 22.7 Å². The number of amides is 2. The van der Waals surface area contributed by atoms with Crippen LogP contribution in [0.15, 0.2) is 215 Å². The topological polar surface area (TPSA) is 49.8 Å². The molecule has 2 amide bonds. The molecule has 0 radical (unpaired) electrons. The Balaban J connectivity index is 1.11. The molecule has 66 heavy (non-hydrogen) atoms. The Hall–Kier alpha value is -8.54. The molecule has 15 rings (SSSR count). The Morgan fingerprint density at radius 1 is 0.333 bits per heavy atom. The average molecular weight is 841 g/mol. The van der Waals surface area contributed by atoms with Gasteiger partial charge in [0.2, 0.25) is 13.4 Å². The number of fused-ring (bicyclic) bond motifs is 12. The lowest BCUT2D eigenvalue weighted by molar-refractivity contribution is 0.255. The molecule has 0 aliphatic carbocycles.